The lowest BCUT2D eigenvalue weighted by Crippen LogP contribution is -2.42. The normalized spacial score (nSPS) is 21.4. The Morgan fingerprint density at radius 1 is 1.35 bits per heavy atom. The molecule has 1 unspecified atom stereocenters. The van der Waals surface area contributed by atoms with Crippen LogP contribution in [0.3, 0.4) is 0 Å². The number of guanidine groups is 1. The van der Waals surface area contributed by atoms with Crippen LogP contribution < -0.4 is 5.73 Å². The maximum Gasteiger partial charge on any atom is 0.188 e. The van der Waals surface area contributed by atoms with Crippen LogP contribution >= 0.6 is 12.4 Å². The van der Waals surface area contributed by atoms with Gasteiger partial charge in [0.15, 0.2) is 5.96 Å². The largest absolute Gasteiger partial charge is 0.370 e. The molecule has 1 atom stereocenters. The molecular weight excluding hydrogens is 234 g/mol. The van der Waals surface area contributed by atoms with Crippen LogP contribution in [0, 0.1) is 5.41 Å². The second-order valence-corrected chi connectivity index (χ2v) is 4.84. The number of hydrogen-bond donors (Lipinski definition) is 2. The standard InChI is InChI=1S/C13H17N3.ClH/c14-13(15)16-7-10-5-1-3-9-4-2-6-11(8-16)12(9)10;/h1,3,5,11H,2,4,6-8H2,(H3,14,15);1H. The summed E-state index contributed by atoms with van der Waals surface area (Å²) in [6, 6.07) is 6.58. The summed E-state index contributed by atoms with van der Waals surface area (Å²) in [6.07, 6.45) is 3.74. The van der Waals surface area contributed by atoms with Crippen molar-refractivity contribution in [3.8, 4) is 0 Å². The number of benzene rings is 1. The predicted octanol–water partition coefficient (Wildman–Crippen LogP) is 2.24. The number of halogens is 1. The van der Waals surface area contributed by atoms with Crippen molar-refractivity contribution in [1.82, 2.24) is 4.90 Å². The molecule has 1 aliphatic carbocycles. The van der Waals surface area contributed by atoms with E-state index in [2.05, 4.69) is 18.2 Å². The molecule has 2 aliphatic rings. The Hall–Kier alpha value is -1.22. The van der Waals surface area contributed by atoms with Crippen molar-refractivity contribution in [2.75, 3.05) is 6.54 Å². The fraction of sp³-hybridized carbons (Fsp3) is 0.462. The van der Waals surface area contributed by atoms with E-state index in [1.54, 1.807) is 5.56 Å². The second kappa shape index (κ2) is 4.57. The molecule has 0 aromatic heterocycles. The molecule has 4 heteroatoms. The highest BCUT2D eigenvalue weighted by molar-refractivity contribution is 5.85. The number of nitrogens with two attached hydrogens (primary N) is 1. The first-order valence-corrected chi connectivity index (χ1v) is 5.95. The van der Waals surface area contributed by atoms with Crippen LogP contribution in [0.25, 0.3) is 0 Å². The summed E-state index contributed by atoms with van der Waals surface area (Å²) in [6.45, 7) is 1.74. The molecule has 3 rings (SSSR count). The molecule has 0 saturated carbocycles. The molecule has 1 heterocycles. The van der Waals surface area contributed by atoms with Crippen LogP contribution in [0.1, 0.15) is 35.4 Å². The molecule has 1 aliphatic heterocycles. The fourth-order valence-electron chi connectivity index (χ4n) is 3.13. The Morgan fingerprint density at radius 2 is 2.12 bits per heavy atom. The quantitative estimate of drug-likeness (QED) is 0.549. The Morgan fingerprint density at radius 3 is 2.88 bits per heavy atom. The van der Waals surface area contributed by atoms with Gasteiger partial charge in [0.1, 0.15) is 0 Å². The summed E-state index contributed by atoms with van der Waals surface area (Å²) in [5.41, 5.74) is 10.1. The Balaban J connectivity index is 0.00000108. The highest BCUT2D eigenvalue weighted by Gasteiger charge is 2.29. The molecule has 3 N–H and O–H groups in total. The molecule has 3 nitrogen and oxygen atoms in total. The average molecular weight is 252 g/mol. The summed E-state index contributed by atoms with van der Waals surface area (Å²) in [5, 5.41) is 7.57. The van der Waals surface area contributed by atoms with Gasteiger partial charge in [-0.25, -0.2) is 0 Å². The van der Waals surface area contributed by atoms with E-state index >= 15 is 0 Å². The lowest BCUT2D eigenvalue weighted by molar-refractivity contribution is 0.324. The van der Waals surface area contributed by atoms with Gasteiger partial charge in [0, 0.05) is 19.0 Å². The van der Waals surface area contributed by atoms with E-state index in [9.17, 15) is 0 Å². The van der Waals surface area contributed by atoms with Crippen LogP contribution in [0.15, 0.2) is 18.2 Å². The van der Waals surface area contributed by atoms with Crippen molar-refractivity contribution in [2.24, 2.45) is 5.73 Å². The minimum Gasteiger partial charge on any atom is -0.370 e. The van der Waals surface area contributed by atoms with E-state index in [0.717, 1.165) is 13.1 Å². The third-order valence-corrected chi connectivity index (χ3v) is 3.84. The van der Waals surface area contributed by atoms with Crippen molar-refractivity contribution < 1.29 is 0 Å². The van der Waals surface area contributed by atoms with Gasteiger partial charge in [-0.2, -0.15) is 0 Å². The molecule has 0 radical (unpaired) electrons. The van der Waals surface area contributed by atoms with Gasteiger partial charge in [-0.1, -0.05) is 18.2 Å². The first-order valence-electron chi connectivity index (χ1n) is 5.95. The van der Waals surface area contributed by atoms with Gasteiger partial charge in [-0.05, 0) is 36.0 Å². The molecular formula is C13H18ClN3. The van der Waals surface area contributed by atoms with E-state index in [0.29, 0.717) is 5.92 Å². The summed E-state index contributed by atoms with van der Waals surface area (Å²) in [7, 11) is 0. The van der Waals surface area contributed by atoms with Crippen molar-refractivity contribution >= 4 is 18.4 Å². The van der Waals surface area contributed by atoms with E-state index < -0.39 is 0 Å². The first-order chi connectivity index (χ1) is 7.75. The number of hydrogen-bond acceptors (Lipinski definition) is 1. The van der Waals surface area contributed by atoms with Gasteiger partial charge in [0.2, 0.25) is 0 Å². The van der Waals surface area contributed by atoms with E-state index in [-0.39, 0.29) is 18.4 Å². The maximum absolute atomic E-state index is 7.57. The van der Waals surface area contributed by atoms with E-state index in [1.807, 2.05) is 4.90 Å². The highest BCUT2D eigenvalue weighted by atomic mass is 35.5. The first kappa shape index (κ1) is 12.2. The number of nitrogens with one attached hydrogen (secondary N) is 1. The topological polar surface area (TPSA) is 53.1 Å². The van der Waals surface area contributed by atoms with Gasteiger partial charge in [0.25, 0.3) is 0 Å². The summed E-state index contributed by atoms with van der Waals surface area (Å²) in [5.74, 6) is 0.805. The summed E-state index contributed by atoms with van der Waals surface area (Å²) in [4.78, 5) is 1.99. The zero-order valence-corrected chi connectivity index (χ0v) is 10.6. The number of rotatable bonds is 0. The summed E-state index contributed by atoms with van der Waals surface area (Å²) < 4.78 is 0. The third kappa shape index (κ3) is 2.00. The predicted molar refractivity (Wildman–Crippen MR) is 71.7 cm³/mol. The second-order valence-electron chi connectivity index (χ2n) is 4.84. The lowest BCUT2D eigenvalue weighted by atomic mass is 9.78. The van der Waals surface area contributed by atoms with Gasteiger partial charge in [0.05, 0.1) is 0 Å². The lowest BCUT2D eigenvalue weighted by Gasteiger charge is -2.38. The smallest absolute Gasteiger partial charge is 0.188 e. The molecule has 0 saturated heterocycles. The third-order valence-electron chi connectivity index (χ3n) is 3.84. The molecule has 1 aromatic carbocycles. The summed E-state index contributed by atoms with van der Waals surface area (Å²) >= 11 is 0. The Kier molecular flexibility index (Phi) is 3.29. The number of nitrogens with zero attached hydrogens (tertiary/aromatic N) is 1. The van der Waals surface area contributed by atoms with Gasteiger partial charge < -0.3 is 10.6 Å². The minimum atomic E-state index is 0. The molecule has 92 valence electrons. The molecule has 17 heavy (non-hydrogen) atoms. The van der Waals surface area contributed by atoms with Crippen molar-refractivity contribution in [3.05, 3.63) is 34.9 Å². The minimum absolute atomic E-state index is 0. The van der Waals surface area contributed by atoms with Crippen LogP contribution in [0.2, 0.25) is 0 Å². The van der Waals surface area contributed by atoms with Crippen molar-refractivity contribution in [3.63, 3.8) is 0 Å². The molecule has 1 aromatic rings. The average Bonchev–Trinajstić information content (AvgIpc) is 2.29. The molecule has 0 fully saturated rings. The van der Waals surface area contributed by atoms with Gasteiger partial charge in [-0.15, -0.1) is 12.4 Å². The SMILES string of the molecule is Cl.N=C(N)N1Cc2cccc3c2C(CCC3)C1. The fourth-order valence-corrected chi connectivity index (χ4v) is 3.13. The van der Waals surface area contributed by atoms with Crippen LogP contribution in [0.5, 0.6) is 0 Å². The molecule has 0 spiro atoms. The Bertz CT molecular complexity index is 444. The van der Waals surface area contributed by atoms with Crippen LogP contribution in [0.4, 0.5) is 0 Å². The monoisotopic (exact) mass is 251 g/mol. The molecule has 0 amide bonds. The van der Waals surface area contributed by atoms with Crippen LogP contribution in [-0.4, -0.2) is 17.4 Å². The molecule has 0 bridgehead atoms. The van der Waals surface area contributed by atoms with Gasteiger partial charge in [-0.3, -0.25) is 5.41 Å². The van der Waals surface area contributed by atoms with E-state index in [4.69, 9.17) is 11.1 Å². The highest BCUT2D eigenvalue weighted by Crippen LogP contribution is 2.38. The van der Waals surface area contributed by atoms with Crippen LogP contribution in [-0.2, 0) is 13.0 Å². The van der Waals surface area contributed by atoms with Gasteiger partial charge >= 0.3 is 0 Å². The Labute approximate surface area is 108 Å². The van der Waals surface area contributed by atoms with Crippen molar-refractivity contribution in [1.29, 1.82) is 5.41 Å². The van der Waals surface area contributed by atoms with Crippen molar-refractivity contribution in [2.45, 2.75) is 31.7 Å². The maximum atomic E-state index is 7.57. The number of aryl methyl sites for hydroxylation is 1. The zero-order valence-electron chi connectivity index (χ0n) is 9.78. The zero-order chi connectivity index (χ0) is 11.1. The van der Waals surface area contributed by atoms with E-state index in [1.165, 1.54) is 30.4 Å².